The van der Waals surface area contributed by atoms with Gasteiger partial charge in [0.15, 0.2) is 11.5 Å². The van der Waals surface area contributed by atoms with Crippen molar-refractivity contribution in [3.63, 3.8) is 0 Å². The Kier molecular flexibility index (Phi) is 9.97. The first-order chi connectivity index (χ1) is 21.9. The standard InChI is InChI=1S/C36H31ClN2O6/c1-3-8-27-19-26(21-32(43-4-2)33(27)45-23-25-11-13-28(37)14-12-25)20-31-34(40)38-36(42)39(35(31)41)29-15-17-30(18-16-29)44-22-24-9-6-5-7-10-24/h3,5-7,9-21H,1,4,8,22-23H2,2H3,(H,38,40,42)/b31-20+. The second kappa shape index (κ2) is 14.4. The summed E-state index contributed by atoms with van der Waals surface area (Å²) in [5, 5.41) is 2.90. The van der Waals surface area contributed by atoms with Crippen LogP contribution in [0.15, 0.2) is 109 Å². The van der Waals surface area contributed by atoms with Crippen LogP contribution >= 0.6 is 11.6 Å². The molecule has 228 valence electrons. The summed E-state index contributed by atoms with van der Waals surface area (Å²) in [6.45, 7) is 6.71. The number of nitrogens with zero attached hydrogens (tertiary/aromatic N) is 1. The van der Waals surface area contributed by atoms with E-state index >= 15 is 0 Å². The molecule has 4 amide bonds. The molecule has 4 aromatic carbocycles. The number of nitrogens with one attached hydrogen (secondary N) is 1. The maximum Gasteiger partial charge on any atom is 0.335 e. The summed E-state index contributed by atoms with van der Waals surface area (Å²) in [7, 11) is 0. The maximum atomic E-state index is 13.6. The van der Waals surface area contributed by atoms with Gasteiger partial charge >= 0.3 is 6.03 Å². The Morgan fingerprint density at radius 1 is 0.844 bits per heavy atom. The Balaban J connectivity index is 1.40. The van der Waals surface area contributed by atoms with E-state index < -0.39 is 17.8 Å². The number of rotatable bonds is 12. The number of allylic oxidation sites excluding steroid dienone is 1. The minimum Gasteiger partial charge on any atom is -0.490 e. The number of hydrogen-bond donors (Lipinski definition) is 1. The van der Waals surface area contributed by atoms with Crippen molar-refractivity contribution in [2.75, 3.05) is 11.5 Å². The molecule has 1 aliphatic heterocycles. The van der Waals surface area contributed by atoms with Gasteiger partial charge in [-0.25, -0.2) is 9.69 Å². The van der Waals surface area contributed by atoms with Gasteiger partial charge in [-0.3, -0.25) is 14.9 Å². The van der Waals surface area contributed by atoms with Crippen molar-refractivity contribution < 1.29 is 28.6 Å². The van der Waals surface area contributed by atoms with Crippen LogP contribution in [0.2, 0.25) is 5.02 Å². The number of carbonyl (C=O) groups is 3. The number of ether oxygens (including phenoxy) is 3. The zero-order valence-corrected chi connectivity index (χ0v) is 25.4. The second-order valence-electron chi connectivity index (χ2n) is 10.1. The summed E-state index contributed by atoms with van der Waals surface area (Å²) in [5.41, 5.74) is 3.27. The van der Waals surface area contributed by atoms with Crippen molar-refractivity contribution in [2.45, 2.75) is 26.6 Å². The van der Waals surface area contributed by atoms with E-state index in [-0.39, 0.29) is 17.9 Å². The fraction of sp³-hybridized carbons (Fsp3) is 0.139. The predicted molar refractivity (Wildman–Crippen MR) is 174 cm³/mol. The van der Waals surface area contributed by atoms with Gasteiger partial charge in [-0.1, -0.05) is 60.1 Å². The summed E-state index contributed by atoms with van der Waals surface area (Å²) in [6.07, 6.45) is 3.60. The Hall–Kier alpha value is -5.34. The van der Waals surface area contributed by atoms with Crippen LogP contribution < -0.4 is 24.4 Å². The summed E-state index contributed by atoms with van der Waals surface area (Å²) in [6, 6.07) is 26.2. The largest absolute Gasteiger partial charge is 0.490 e. The van der Waals surface area contributed by atoms with Gasteiger partial charge in [0.2, 0.25) is 0 Å². The van der Waals surface area contributed by atoms with Crippen LogP contribution in [-0.4, -0.2) is 24.5 Å². The molecule has 5 rings (SSSR count). The number of amides is 4. The van der Waals surface area contributed by atoms with Gasteiger partial charge in [-0.05, 0) is 84.6 Å². The predicted octanol–water partition coefficient (Wildman–Crippen LogP) is 7.29. The molecule has 0 spiro atoms. The lowest BCUT2D eigenvalue weighted by Gasteiger charge is -2.26. The Labute approximate surface area is 266 Å². The number of hydrogen-bond acceptors (Lipinski definition) is 6. The Morgan fingerprint density at radius 2 is 1.53 bits per heavy atom. The number of benzene rings is 4. The number of barbiturate groups is 1. The summed E-state index contributed by atoms with van der Waals surface area (Å²) >= 11 is 6.01. The summed E-state index contributed by atoms with van der Waals surface area (Å²) < 4.78 is 17.9. The van der Waals surface area contributed by atoms with Gasteiger partial charge in [0.25, 0.3) is 11.8 Å². The highest BCUT2D eigenvalue weighted by Crippen LogP contribution is 2.36. The molecule has 1 heterocycles. The molecule has 0 saturated carbocycles. The molecule has 1 fully saturated rings. The van der Waals surface area contributed by atoms with Crippen LogP contribution in [0, 0.1) is 0 Å². The van der Waals surface area contributed by atoms with E-state index in [1.807, 2.05) is 49.4 Å². The number of urea groups is 1. The van der Waals surface area contributed by atoms with Crippen LogP contribution in [0.3, 0.4) is 0 Å². The van der Waals surface area contributed by atoms with Gasteiger partial charge in [0.1, 0.15) is 24.5 Å². The van der Waals surface area contributed by atoms with E-state index in [4.69, 9.17) is 25.8 Å². The van der Waals surface area contributed by atoms with Crippen LogP contribution in [0.5, 0.6) is 17.2 Å². The summed E-state index contributed by atoms with van der Waals surface area (Å²) in [4.78, 5) is 40.2. The molecule has 45 heavy (non-hydrogen) atoms. The first kappa shape index (κ1) is 31.1. The van der Waals surface area contributed by atoms with Crippen LogP contribution in [0.25, 0.3) is 6.08 Å². The third-order valence-electron chi connectivity index (χ3n) is 6.87. The van der Waals surface area contributed by atoms with Crippen molar-refractivity contribution in [2.24, 2.45) is 0 Å². The highest BCUT2D eigenvalue weighted by Gasteiger charge is 2.37. The molecular formula is C36H31ClN2O6. The fourth-order valence-corrected chi connectivity index (χ4v) is 4.85. The molecule has 8 nitrogen and oxygen atoms in total. The highest BCUT2D eigenvalue weighted by atomic mass is 35.5. The molecule has 1 saturated heterocycles. The van der Waals surface area contributed by atoms with E-state index in [0.717, 1.165) is 21.6 Å². The van der Waals surface area contributed by atoms with Crippen molar-refractivity contribution in [3.8, 4) is 17.2 Å². The first-order valence-corrected chi connectivity index (χ1v) is 14.7. The van der Waals surface area contributed by atoms with Crippen molar-refractivity contribution >= 4 is 41.2 Å². The van der Waals surface area contributed by atoms with E-state index in [1.54, 1.807) is 54.6 Å². The molecule has 1 N–H and O–H groups in total. The minimum absolute atomic E-state index is 0.208. The molecule has 0 unspecified atom stereocenters. The summed E-state index contributed by atoms with van der Waals surface area (Å²) in [5.74, 6) is -0.0146. The van der Waals surface area contributed by atoms with Crippen LogP contribution in [0.4, 0.5) is 10.5 Å². The number of anilines is 1. The average Bonchev–Trinajstić information content (AvgIpc) is 3.04. The van der Waals surface area contributed by atoms with Crippen molar-refractivity contribution in [1.29, 1.82) is 0 Å². The van der Waals surface area contributed by atoms with Gasteiger partial charge in [-0.15, -0.1) is 6.58 Å². The molecule has 0 aliphatic carbocycles. The number of halogens is 1. The quantitative estimate of drug-likeness (QED) is 0.101. The average molecular weight is 623 g/mol. The molecule has 0 atom stereocenters. The zero-order chi connectivity index (χ0) is 31.8. The van der Waals surface area contributed by atoms with E-state index in [0.29, 0.717) is 47.5 Å². The van der Waals surface area contributed by atoms with E-state index in [2.05, 4.69) is 11.9 Å². The maximum absolute atomic E-state index is 13.6. The normalized spacial score (nSPS) is 13.9. The van der Waals surface area contributed by atoms with E-state index in [9.17, 15) is 14.4 Å². The number of imide groups is 2. The lowest BCUT2D eigenvalue weighted by molar-refractivity contribution is -0.122. The Bertz CT molecular complexity index is 1730. The lowest BCUT2D eigenvalue weighted by Crippen LogP contribution is -2.54. The third-order valence-corrected chi connectivity index (χ3v) is 7.12. The third kappa shape index (κ3) is 7.60. The lowest BCUT2D eigenvalue weighted by atomic mass is 10.0. The van der Waals surface area contributed by atoms with Gasteiger partial charge < -0.3 is 14.2 Å². The fourth-order valence-electron chi connectivity index (χ4n) is 4.73. The molecular weight excluding hydrogens is 592 g/mol. The van der Waals surface area contributed by atoms with Gasteiger partial charge in [0.05, 0.1) is 12.3 Å². The van der Waals surface area contributed by atoms with Gasteiger partial charge in [-0.2, -0.15) is 0 Å². The second-order valence-corrected chi connectivity index (χ2v) is 10.5. The first-order valence-electron chi connectivity index (χ1n) is 14.3. The Morgan fingerprint density at radius 3 is 2.22 bits per heavy atom. The van der Waals surface area contributed by atoms with Crippen molar-refractivity contribution in [1.82, 2.24) is 5.32 Å². The highest BCUT2D eigenvalue weighted by molar-refractivity contribution is 6.39. The minimum atomic E-state index is -0.839. The smallest absolute Gasteiger partial charge is 0.335 e. The molecule has 0 aromatic heterocycles. The van der Waals surface area contributed by atoms with Crippen molar-refractivity contribution in [3.05, 3.63) is 137 Å². The monoisotopic (exact) mass is 622 g/mol. The van der Waals surface area contributed by atoms with Crippen LogP contribution in [-0.2, 0) is 29.2 Å². The van der Waals surface area contributed by atoms with E-state index in [1.165, 1.54) is 6.08 Å². The molecule has 0 bridgehead atoms. The van der Waals surface area contributed by atoms with Crippen LogP contribution in [0.1, 0.15) is 29.2 Å². The molecule has 0 radical (unpaired) electrons. The van der Waals surface area contributed by atoms with Gasteiger partial charge in [0, 0.05) is 10.6 Å². The topological polar surface area (TPSA) is 94.2 Å². The molecule has 9 heteroatoms. The number of carbonyl (C=O) groups excluding carboxylic acids is 3. The molecule has 1 aliphatic rings. The zero-order valence-electron chi connectivity index (χ0n) is 24.6. The molecule has 4 aromatic rings. The SMILES string of the molecule is C=CCc1cc(/C=C2\C(=O)NC(=O)N(c3ccc(OCc4ccccc4)cc3)C2=O)cc(OCC)c1OCc1ccc(Cl)cc1.